The van der Waals surface area contributed by atoms with E-state index in [9.17, 15) is 4.79 Å². The highest BCUT2D eigenvalue weighted by atomic mass is 16.2. The maximum absolute atomic E-state index is 13.7. The molecule has 28 heavy (non-hydrogen) atoms. The summed E-state index contributed by atoms with van der Waals surface area (Å²) in [6.07, 6.45) is 10.3. The van der Waals surface area contributed by atoms with Crippen molar-refractivity contribution >= 4 is 5.91 Å². The smallest absolute Gasteiger partial charge is 0.241 e. The van der Waals surface area contributed by atoms with Gasteiger partial charge in [0.25, 0.3) is 0 Å². The van der Waals surface area contributed by atoms with Crippen molar-refractivity contribution in [2.75, 3.05) is 13.1 Å². The van der Waals surface area contributed by atoms with Crippen molar-refractivity contribution in [2.45, 2.75) is 64.0 Å². The summed E-state index contributed by atoms with van der Waals surface area (Å²) in [6.45, 7) is 6.35. The fourth-order valence-electron chi connectivity index (χ4n) is 4.91. The number of likely N-dealkylation sites (tertiary alicyclic amines) is 1. The van der Waals surface area contributed by atoms with Crippen LogP contribution in [0, 0.1) is 13.8 Å². The first-order valence-electron chi connectivity index (χ1n) is 10.6. The molecule has 1 N–H and O–H groups in total. The number of nitrogens with one attached hydrogen (secondary N) is 1. The van der Waals surface area contributed by atoms with E-state index in [2.05, 4.69) is 53.3 Å². The van der Waals surface area contributed by atoms with E-state index in [0.717, 1.165) is 49.9 Å². The third kappa shape index (κ3) is 3.58. The number of aryl methyl sites for hydroxylation is 2. The number of carbonyl (C=O) groups excluding carboxylic acids is 1. The van der Waals surface area contributed by atoms with Gasteiger partial charge in [-0.2, -0.15) is 0 Å². The Hall–Kier alpha value is -2.20. The number of carbonyl (C=O) groups is 1. The summed E-state index contributed by atoms with van der Waals surface area (Å²) in [5.41, 5.74) is 4.35. The van der Waals surface area contributed by atoms with Crippen LogP contribution in [0.4, 0.5) is 0 Å². The third-order valence-corrected chi connectivity index (χ3v) is 6.72. The lowest BCUT2D eigenvalue weighted by Crippen LogP contribution is -2.56. The van der Waals surface area contributed by atoms with Crippen LogP contribution in [-0.2, 0) is 4.79 Å². The molecule has 1 unspecified atom stereocenters. The Morgan fingerprint density at radius 2 is 1.79 bits per heavy atom. The van der Waals surface area contributed by atoms with Gasteiger partial charge >= 0.3 is 0 Å². The normalized spacial score (nSPS) is 20.2. The molecule has 1 amide bonds. The number of pyridine rings is 1. The van der Waals surface area contributed by atoms with Gasteiger partial charge in [-0.05, 0) is 80.9 Å². The molecule has 1 aliphatic heterocycles. The molecule has 2 aromatic rings. The lowest BCUT2D eigenvalue weighted by atomic mass is 9.91. The van der Waals surface area contributed by atoms with Crippen molar-refractivity contribution in [1.82, 2.24) is 15.2 Å². The summed E-state index contributed by atoms with van der Waals surface area (Å²) in [7, 11) is 0. The van der Waals surface area contributed by atoms with Crippen LogP contribution in [0.25, 0.3) is 0 Å². The molecule has 0 radical (unpaired) electrons. The zero-order valence-electron chi connectivity index (χ0n) is 17.1. The number of amides is 1. The fourth-order valence-corrected chi connectivity index (χ4v) is 4.91. The molecule has 1 aromatic heterocycles. The summed E-state index contributed by atoms with van der Waals surface area (Å²) in [5.74, 6) is 0.194. The van der Waals surface area contributed by atoms with Crippen molar-refractivity contribution < 1.29 is 4.79 Å². The van der Waals surface area contributed by atoms with Gasteiger partial charge in [0.1, 0.15) is 5.54 Å². The number of hydrogen-bond donors (Lipinski definition) is 1. The van der Waals surface area contributed by atoms with Gasteiger partial charge in [0.05, 0.1) is 6.04 Å². The first-order valence-corrected chi connectivity index (χ1v) is 10.6. The monoisotopic (exact) mass is 377 g/mol. The van der Waals surface area contributed by atoms with Gasteiger partial charge < -0.3 is 5.32 Å². The molecule has 1 aliphatic carbocycles. The molecular formula is C24H31N3O. The number of hydrogen-bond acceptors (Lipinski definition) is 3. The minimum absolute atomic E-state index is 0.166. The quantitative estimate of drug-likeness (QED) is 0.844. The first kappa shape index (κ1) is 19.1. The topological polar surface area (TPSA) is 45.2 Å². The molecule has 1 atom stereocenters. The van der Waals surface area contributed by atoms with Crippen molar-refractivity contribution in [2.24, 2.45) is 0 Å². The van der Waals surface area contributed by atoms with Gasteiger partial charge in [0.15, 0.2) is 0 Å². The average molecular weight is 378 g/mol. The largest absolute Gasteiger partial charge is 0.344 e. The minimum Gasteiger partial charge on any atom is -0.344 e. The lowest BCUT2D eigenvalue weighted by Gasteiger charge is -2.38. The molecule has 4 rings (SSSR count). The third-order valence-electron chi connectivity index (χ3n) is 6.72. The van der Waals surface area contributed by atoms with Crippen LogP contribution in [-0.4, -0.2) is 34.4 Å². The second-order valence-corrected chi connectivity index (χ2v) is 8.47. The molecule has 1 saturated carbocycles. The number of rotatable bonds is 5. The summed E-state index contributed by atoms with van der Waals surface area (Å²) < 4.78 is 0. The van der Waals surface area contributed by atoms with Gasteiger partial charge in [-0.15, -0.1) is 0 Å². The van der Waals surface area contributed by atoms with Crippen LogP contribution in [0.3, 0.4) is 0 Å². The summed E-state index contributed by atoms with van der Waals surface area (Å²) >= 11 is 0. The van der Waals surface area contributed by atoms with E-state index in [1.807, 2.05) is 12.3 Å². The van der Waals surface area contributed by atoms with E-state index in [1.165, 1.54) is 24.0 Å². The van der Waals surface area contributed by atoms with Crippen molar-refractivity contribution in [3.05, 3.63) is 65.0 Å². The van der Waals surface area contributed by atoms with E-state index < -0.39 is 0 Å². The van der Waals surface area contributed by atoms with Crippen LogP contribution in [0.5, 0.6) is 0 Å². The zero-order valence-corrected chi connectivity index (χ0v) is 17.1. The highest BCUT2D eigenvalue weighted by Crippen LogP contribution is 2.38. The molecule has 4 heteroatoms. The predicted molar refractivity (Wildman–Crippen MR) is 112 cm³/mol. The number of benzene rings is 1. The Kier molecular flexibility index (Phi) is 5.49. The van der Waals surface area contributed by atoms with Crippen LogP contribution < -0.4 is 5.32 Å². The second kappa shape index (κ2) is 8.04. The van der Waals surface area contributed by atoms with Crippen LogP contribution in [0.1, 0.15) is 66.8 Å². The van der Waals surface area contributed by atoms with Gasteiger partial charge in [-0.25, -0.2) is 0 Å². The number of nitrogens with zero attached hydrogens (tertiary/aromatic N) is 2. The van der Waals surface area contributed by atoms with Gasteiger partial charge in [-0.3, -0.25) is 14.7 Å². The Labute approximate surface area is 168 Å². The predicted octanol–water partition coefficient (Wildman–Crippen LogP) is 4.31. The van der Waals surface area contributed by atoms with Crippen molar-refractivity contribution in [3.63, 3.8) is 0 Å². The molecule has 1 aromatic carbocycles. The first-order chi connectivity index (χ1) is 13.6. The Morgan fingerprint density at radius 1 is 1.04 bits per heavy atom. The second-order valence-electron chi connectivity index (χ2n) is 8.47. The van der Waals surface area contributed by atoms with E-state index in [1.54, 1.807) is 6.20 Å². The van der Waals surface area contributed by atoms with Crippen molar-refractivity contribution in [3.8, 4) is 0 Å². The average Bonchev–Trinajstić information content (AvgIpc) is 3.41. The fraction of sp³-hybridized carbons (Fsp3) is 0.500. The van der Waals surface area contributed by atoms with Crippen molar-refractivity contribution in [1.29, 1.82) is 0 Å². The van der Waals surface area contributed by atoms with Crippen LogP contribution in [0.2, 0.25) is 0 Å². The maximum Gasteiger partial charge on any atom is 0.241 e. The molecule has 148 valence electrons. The molecule has 2 aliphatic rings. The van der Waals surface area contributed by atoms with E-state index in [4.69, 9.17) is 0 Å². The number of aromatic nitrogens is 1. The van der Waals surface area contributed by atoms with E-state index in [0.29, 0.717) is 0 Å². The Balaban J connectivity index is 1.67. The Morgan fingerprint density at radius 3 is 2.43 bits per heavy atom. The van der Waals surface area contributed by atoms with Gasteiger partial charge in [0.2, 0.25) is 5.91 Å². The molecular weight excluding hydrogens is 346 g/mol. The van der Waals surface area contributed by atoms with E-state index in [-0.39, 0.29) is 17.5 Å². The SMILES string of the molecule is Cc1ccc(C(NC(=O)C2(N3CCCC3)CCCC2)c2cccnc2)cc1C. The molecule has 0 spiro atoms. The summed E-state index contributed by atoms with van der Waals surface area (Å²) in [6, 6.07) is 10.3. The van der Waals surface area contributed by atoms with Crippen LogP contribution in [0.15, 0.2) is 42.7 Å². The lowest BCUT2D eigenvalue weighted by molar-refractivity contribution is -0.133. The maximum atomic E-state index is 13.7. The van der Waals surface area contributed by atoms with E-state index >= 15 is 0 Å². The molecule has 2 heterocycles. The molecule has 4 nitrogen and oxygen atoms in total. The minimum atomic E-state index is -0.323. The zero-order chi connectivity index (χ0) is 19.6. The summed E-state index contributed by atoms with van der Waals surface area (Å²) in [4.78, 5) is 20.5. The highest BCUT2D eigenvalue weighted by Gasteiger charge is 2.47. The highest BCUT2D eigenvalue weighted by molar-refractivity contribution is 5.87. The van der Waals surface area contributed by atoms with Gasteiger partial charge in [-0.1, -0.05) is 37.1 Å². The van der Waals surface area contributed by atoms with Gasteiger partial charge in [0, 0.05) is 12.4 Å². The van der Waals surface area contributed by atoms with Crippen LogP contribution >= 0.6 is 0 Å². The standard InChI is InChI=1S/C24H31N3O/c1-18-9-10-20(16-19(18)2)22(21-8-7-13-25-17-21)26-23(28)24(11-3-4-12-24)27-14-5-6-15-27/h7-10,13,16-17,22H,3-6,11-12,14-15H2,1-2H3,(H,26,28). The molecule has 2 fully saturated rings. The molecule has 1 saturated heterocycles. The Bertz CT molecular complexity index is 821. The molecule has 0 bridgehead atoms. The summed E-state index contributed by atoms with van der Waals surface area (Å²) in [5, 5.41) is 3.44.